The summed E-state index contributed by atoms with van der Waals surface area (Å²) >= 11 is 1.38. The maximum Gasteiger partial charge on any atom is 0.262 e. The number of fused-ring (bicyclic) bond motifs is 2. The quantitative estimate of drug-likeness (QED) is 0.246. The van der Waals surface area contributed by atoms with Crippen molar-refractivity contribution in [1.29, 1.82) is 0 Å². The van der Waals surface area contributed by atoms with E-state index in [4.69, 9.17) is 23.9 Å². The van der Waals surface area contributed by atoms with Gasteiger partial charge in [-0.25, -0.2) is 9.37 Å². The molecule has 5 rings (SSSR count). The van der Waals surface area contributed by atoms with Crippen LogP contribution >= 0.6 is 11.8 Å². The molecule has 0 aliphatic carbocycles. The number of ether oxygens (including phenoxy) is 4. The van der Waals surface area contributed by atoms with Gasteiger partial charge in [-0.15, -0.1) is 0 Å². The number of hydrogen-bond donors (Lipinski definition) is 0. The molecule has 0 unspecified atom stereocenters. The monoisotopic (exact) mass is 508 g/mol. The summed E-state index contributed by atoms with van der Waals surface area (Å²) in [4.78, 5) is 18.2. The van der Waals surface area contributed by atoms with E-state index in [0.717, 1.165) is 5.56 Å². The average molecular weight is 509 g/mol. The summed E-state index contributed by atoms with van der Waals surface area (Å²) in [7, 11) is 3.18. The normalized spacial score (nSPS) is 12.8. The summed E-state index contributed by atoms with van der Waals surface area (Å²) in [6.45, 7) is 0.843. The second-order valence-electron chi connectivity index (χ2n) is 8.26. The fraction of sp³-hybridized carbons (Fsp3) is 0.259. The van der Waals surface area contributed by atoms with Gasteiger partial charge in [0.25, 0.3) is 5.56 Å². The van der Waals surface area contributed by atoms with Crippen LogP contribution in [-0.4, -0.2) is 30.6 Å². The van der Waals surface area contributed by atoms with Crippen molar-refractivity contribution in [2.24, 2.45) is 0 Å². The molecule has 0 spiro atoms. The molecule has 7 nitrogen and oxygen atoms in total. The minimum absolute atomic E-state index is 0.116. The third-order valence-electron chi connectivity index (χ3n) is 6.01. The van der Waals surface area contributed by atoms with Gasteiger partial charge in [0.15, 0.2) is 23.4 Å². The van der Waals surface area contributed by atoms with Crippen molar-refractivity contribution in [3.63, 3.8) is 0 Å². The van der Waals surface area contributed by atoms with E-state index in [1.165, 1.54) is 23.9 Å². The Balaban J connectivity index is 1.47. The minimum Gasteiger partial charge on any atom is -0.493 e. The lowest BCUT2D eigenvalue weighted by molar-refractivity contribution is -0.0171. The van der Waals surface area contributed by atoms with Crippen LogP contribution in [0.3, 0.4) is 0 Å². The predicted molar refractivity (Wildman–Crippen MR) is 135 cm³/mol. The molecule has 0 fully saturated rings. The summed E-state index contributed by atoms with van der Waals surface area (Å²) < 4.78 is 37.6. The van der Waals surface area contributed by atoms with Crippen molar-refractivity contribution >= 4 is 22.7 Å². The zero-order chi connectivity index (χ0) is 25.1. The number of nitrogens with zero attached hydrogens (tertiary/aromatic N) is 2. The van der Waals surface area contributed by atoms with E-state index in [1.54, 1.807) is 24.9 Å². The van der Waals surface area contributed by atoms with Gasteiger partial charge in [-0.1, -0.05) is 30.0 Å². The third-order valence-corrected chi connectivity index (χ3v) is 7.03. The van der Waals surface area contributed by atoms with Crippen LogP contribution in [0.1, 0.15) is 16.7 Å². The van der Waals surface area contributed by atoms with Crippen molar-refractivity contribution in [1.82, 2.24) is 9.55 Å². The zero-order valence-electron chi connectivity index (χ0n) is 20.0. The first-order chi connectivity index (χ1) is 17.6. The first-order valence-corrected chi connectivity index (χ1v) is 12.4. The van der Waals surface area contributed by atoms with Crippen LogP contribution in [0.2, 0.25) is 0 Å². The maximum atomic E-state index is 14.2. The van der Waals surface area contributed by atoms with Gasteiger partial charge in [-0.05, 0) is 48.4 Å². The van der Waals surface area contributed by atoms with Crippen molar-refractivity contribution in [2.75, 3.05) is 21.0 Å². The topological polar surface area (TPSA) is 71.8 Å². The van der Waals surface area contributed by atoms with Crippen LogP contribution in [0.4, 0.5) is 4.39 Å². The van der Waals surface area contributed by atoms with Crippen LogP contribution in [0.5, 0.6) is 17.2 Å². The van der Waals surface area contributed by atoms with E-state index in [1.807, 2.05) is 36.4 Å². The Labute approximate surface area is 211 Å². The molecule has 0 atom stereocenters. The van der Waals surface area contributed by atoms with Gasteiger partial charge in [-0.2, -0.15) is 0 Å². The van der Waals surface area contributed by atoms with Crippen LogP contribution in [0.25, 0.3) is 10.9 Å². The molecule has 1 aromatic heterocycles. The fourth-order valence-electron chi connectivity index (χ4n) is 4.24. The molecule has 4 aromatic rings. The van der Waals surface area contributed by atoms with Gasteiger partial charge in [0.2, 0.25) is 0 Å². The van der Waals surface area contributed by atoms with Crippen molar-refractivity contribution in [2.45, 2.75) is 30.5 Å². The number of rotatable bonds is 8. The highest BCUT2D eigenvalue weighted by molar-refractivity contribution is 7.98. The summed E-state index contributed by atoms with van der Waals surface area (Å²) in [5.41, 5.74) is 2.88. The van der Waals surface area contributed by atoms with Crippen LogP contribution in [0, 0.1) is 5.82 Å². The molecular weight excluding hydrogens is 483 g/mol. The fourth-order valence-corrected chi connectivity index (χ4v) is 5.23. The Morgan fingerprint density at radius 2 is 1.92 bits per heavy atom. The van der Waals surface area contributed by atoms with Gasteiger partial charge in [-0.3, -0.25) is 9.36 Å². The minimum atomic E-state index is -0.351. The molecule has 186 valence electrons. The van der Waals surface area contributed by atoms with E-state index in [-0.39, 0.29) is 18.2 Å². The number of aryl methyl sites for hydroxylation is 1. The second kappa shape index (κ2) is 10.6. The maximum absolute atomic E-state index is 14.2. The molecule has 1 aliphatic heterocycles. The van der Waals surface area contributed by atoms with E-state index in [2.05, 4.69) is 0 Å². The van der Waals surface area contributed by atoms with Crippen molar-refractivity contribution in [3.8, 4) is 17.2 Å². The van der Waals surface area contributed by atoms with E-state index in [9.17, 15) is 9.18 Å². The summed E-state index contributed by atoms with van der Waals surface area (Å²) in [6.07, 6.45) is 0.587. The number of aromatic nitrogens is 2. The Hall–Kier alpha value is -3.56. The van der Waals surface area contributed by atoms with Crippen LogP contribution in [0.15, 0.2) is 64.5 Å². The molecule has 0 radical (unpaired) electrons. The summed E-state index contributed by atoms with van der Waals surface area (Å²) in [6, 6.07) is 15.9. The molecule has 1 aliphatic rings. The van der Waals surface area contributed by atoms with Crippen LogP contribution in [-0.2, 0) is 30.1 Å². The van der Waals surface area contributed by atoms with Crippen LogP contribution < -0.4 is 19.8 Å². The number of hydrogen-bond acceptors (Lipinski definition) is 7. The molecule has 0 saturated heterocycles. The highest BCUT2D eigenvalue weighted by Crippen LogP contribution is 2.34. The number of para-hydroxylation sites is 1. The highest BCUT2D eigenvalue weighted by Gasteiger charge is 2.19. The lowest BCUT2D eigenvalue weighted by Crippen LogP contribution is -2.24. The number of halogens is 1. The molecular formula is C27H25FN2O5S. The Morgan fingerprint density at radius 1 is 1.08 bits per heavy atom. The molecule has 36 heavy (non-hydrogen) atoms. The van der Waals surface area contributed by atoms with Gasteiger partial charge in [0.1, 0.15) is 11.6 Å². The van der Waals surface area contributed by atoms with E-state index >= 15 is 0 Å². The third kappa shape index (κ3) is 4.89. The highest BCUT2D eigenvalue weighted by atomic mass is 32.2. The molecule has 9 heteroatoms. The standard InChI is InChI=1S/C27H25FN2O5S/c1-32-23-8-7-17(11-24(23)33-2)9-10-30-26(31)21-5-3-4-6-22(21)29-27(30)36-15-19-13-20(28)12-18-14-34-16-35-25(18)19/h3-8,11-13H,9-10,14-16H2,1-2H3. The molecule has 0 bridgehead atoms. The predicted octanol–water partition coefficient (Wildman–Crippen LogP) is 4.95. The zero-order valence-corrected chi connectivity index (χ0v) is 20.8. The molecule has 2 heterocycles. The summed E-state index contributed by atoms with van der Waals surface area (Å²) in [5.74, 6) is 1.95. The molecule has 3 aromatic carbocycles. The summed E-state index contributed by atoms with van der Waals surface area (Å²) in [5, 5.41) is 1.11. The van der Waals surface area contributed by atoms with E-state index < -0.39 is 0 Å². The second-order valence-corrected chi connectivity index (χ2v) is 9.20. The first-order valence-electron chi connectivity index (χ1n) is 11.4. The smallest absolute Gasteiger partial charge is 0.262 e. The number of benzene rings is 3. The Kier molecular flexibility index (Phi) is 7.11. The van der Waals surface area contributed by atoms with Gasteiger partial charge in [0.05, 0.1) is 31.7 Å². The SMILES string of the molecule is COc1ccc(CCn2c(SCc3cc(F)cc4c3OCOC4)nc3ccccc3c2=O)cc1OC. The largest absolute Gasteiger partial charge is 0.493 e. The van der Waals surface area contributed by atoms with Crippen molar-refractivity contribution in [3.05, 3.63) is 87.5 Å². The Bertz CT molecular complexity index is 1470. The number of thioether (sulfide) groups is 1. The lowest BCUT2D eigenvalue weighted by atomic mass is 10.1. The molecule has 0 amide bonds. The lowest BCUT2D eigenvalue weighted by Gasteiger charge is -2.21. The molecule has 0 N–H and O–H groups in total. The first kappa shape index (κ1) is 24.1. The van der Waals surface area contributed by atoms with Crippen molar-refractivity contribution < 1.29 is 23.3 Å². The van der Waals surface area contributed by atoms with E-state index in [0.29, 0.717) is 69.8 Å². The van der Waals surface area contributed by atoms with Gasteiger partial charge < -0.3 is 18.9 Å². The van der Waals surface area contributed by atoms with Gasteiger partial charge >= 0.3 is 0 Å². The van der Waals surface area contributed by atoms with Gasteiger partial charge in [0, 0.05) is 23.4 Å². The molecule has 0 saturated carbocycles. The Morgan fingerprint density at radius 3 is 2.75 bits per heavy atom. The average Bonchev–Trinajstić information content (AvgIpc) is 2.91. The number of methoxy groups -OCH3 is 2.